The van der Waals surface area contributed by atoms with Crippen molar-refractivity contribution in [1.29, 1.82) is 0 Å². The second kappa shape index (κ2) is 6.24. The zero-order valence-corrected chi connectivity index (χ0v) is 13.5. The summed E-state index contributed by atoms with van der Waals surface area (Å²) in [6.07, 6.45) is 0. The van der Waals surface area contributed by atoms with Crippen LogP contribution in [0.4, 0.5) is 0 Å². The van der Waals surface area contributed by atoms with Gasteiger partial charge in [-0.15, -0.1) is 0 Å². The lowest BCUT2D eigenvalue weighted by molar-refractivity contribution is 0.0597. The van der Waals surface area contributed by atoms with Crippen LogP contribution in [-0.4, -0.2) is 23.3 Å². The maximum atomic E-state index is 12.0. The van der Waals surface area contributed by atoms with Crippen molar-refractivity contribution in [3.05, 3.63) is 71.3 Å². The lowest BCUT2D eigenvalue weighted by Crippen LogP contribution is -2.06. The van der Waals surface area contributed by atoms with Gasteiger partial charge in [0.05, 0.1) is 7.11 Å². The number of benzene rings is 3. The fourth-order valence-electron chi connectivity index (χ4n) is 3.00. The second-order valence-corrected chi connectivity index (χ2v) is 5.71. The van der Waals surface area contributed by atoms with Crippen molar-refractivity contribution in [1.82, 2.24) is 0 Å². The quantitative estimate of drug-likeness (QED) is 0.710. The zero-order chi connectivity index (χ0) is 17.3. The Morgan fingerprint density at radius 2 is 1.71 bits per heavy atom. The number of hydrogen-bond donors (Lipinski definition) is 2. The molecule has 3 rings (SSSR count). The molecule has 4 nitrogen and oxygen atoms in total. The molecule has 4 heteroatoms. The van der Waals surface area contributed by atoms with Crippen LogP contribution in [0.3, 0.4) is 0 Å². The van der Waals surface area contributed by atoms with Gasteiger partial charge in [-0.2, -0.15) is 0 Å². The van der Waals surface area contributed by atoms with Crippen LogP contribution in [0.2, 0.25) is 0 Å². The molecular formula is C20H18O4. The normalized spacial score (nSPS) is 12.1. The van der Waals surface area contributed by atoms with Crippen LogP contribution in [0.1, 0.15) is 34.3 Å². The lowest BCUT2D eigenvalue weighted by atomic mass is 9.87. The Balaban J connectivity index is 2.26. The summed E-state index contributed by atoms with van der Waals surface area (Å²) in [5, 5.41) is 21.9. The summed E-state index contributed by atoms with van der Waals surface area (Å²) in [4.78, 5) is 12.0. The molecular weight excluding hydrogens is 304 g/mol. The molecule has 0 aliphatic rings. The monoisotopic (exact) mass is 322 g/mol. The fourth-order valence-corrected chi connectivity index (χ4v) is 3.00. The Morgan fingerprint density at radius 3 is 2.38 bits per heavy atom. The van der Waals surface area contributed by atoms with Crippen LogP contribution in [-0.2, 0) is 4.74 Å². The van der Waals surface area contributed by atoms with Gasteiger partial charge in [0.25, 0.3) is 0 Å². The van der Waals surface area contributed by atoms with Crippen molar-refractivity contribution < 1.29 is 19.7 Å². The van der Waals surface area contributed by atoms with Gasteiger partial charge in [-0.25, -0.2) is 4.79 Å². The summed E-state index contributed by atoms with van der Waals surface area (Å²) in [5.74, 6) is -0.623. The maximum absolute atomic E-state index is 12.0. The third-order valence-corrected chi connectivity index (χ3v) is 4.29. The van der Waals surface area contributed by atoms with Gasteiger partial charge in [-0.1, -0.05) is 43.3 Å². The summed E-state index contributed by atoms with van der Waals surface area (Å²) in [6.45, 7) is 1.95. The molecule has 0 bridgehead atoms. The first kappa shape index (κ1) is 15.9. The highest BCUT2D eigenvalue weighted by atomic mass is 16.5. The first-order valence-electron chi connectivity index (χ1n) is 7.64. The van der Waals surface area contributed by atoms with Gasteiger partial charge >= 0.3 is 5.97 Å². The van der Waals surface area contributed by atoms with Crippen molar-refractivity contribution in [2.45, 2.75) is 12.8 Å². The van der Waals surface area contributed by atoms with Crippen LogP contribution >= 0.6 is 0 Å². The Hall–Kier alpha value is -3.01. The molecule has 0 fully saturated rings. The highest BCUT2D eigenvalue weighted by Gasteiger charge is 2.22. The summed E-state index contributed by atoms with van der Waals surface area (Å²) < 4.78 is 4.79. The average molecular weight is 322 g/mol. The van der Waals surface area contributed by atoms with Crippen molar-refractivity contribution in [3.8, 4) is 11.5 Å². The summed E-state index contributed by atoms with van der Waals surface area (Å²) in [6, 6.07) is 16.1. The number of hydrogen-bond acceptors (Lipinski definition) is 4. The average Bonchev–Trinajstić information content (AvgIpc) is 2.60. The molecule has 0 aliphatic heterocycles. The molecule has 1 atom stereocenters. The van der Waals surface area contributed by atoms with E-state index in [1.165, 1.54) is 7.11 Å². The van der Waals surface area contributed by atoms with E-state index in [9.17, 15) is 15.0 Å². The van der Waals surface area contributed by atoms with E-state index in [0.717, 1.165) is 16.3 Å². The molecule has 3 aromatic rings. The number of phenolic OH excluding ortho intramolecular Hbond substituents is 2. The molecule has 0 saturated heterocycles. The number of methoxy groups -OCH3 is 1. The smallest absolute Gasteiger partial charge is 0.341 e. The minimum absolute atomic E-state index is 0.0684. The molecule has 0 amide bonds. The third kappa shape index (κ3) is 2.67. The predicted octanol–water partition coefficient (Wildman–Crippen LogP) is 4.19. The standard InChI is InChI=1S/C20H18O4/c1-12(13-7-9-15(21)10-8-13)18-16-6-4-3-5-14(16)11-17(19(18)22)20(23)24-2/h3-12,21-22H,1-2H3. The third-order valence-electron chi connectivity index (χ3n) is 4.29. The molecule has 1 unspecified atom stereocenters. The van der Waals surface area contributed by atoms with E-state index < -0.39 is 5.97 Å². The lowest BCUT2D eigenvalue weighted by Gasteiger charge is -2.19. The minimum Gasteiger partial charge on any atom is -0.508 e. The van der Waals surface area contributed by atoms with E-state index >= 15 is 0 Å². The number of aromatic hydroxyl groups is 2. The molecule has 0 radical (unpaired) electrons. The summed E-state index contributed by atoms with van der Waals surface area (Å²) in [7, 11) is 1.29. The van der Waals surface area contributed by atoms with Crippen molar-refractivity contribution >= 4 is 16.7 Å². The van der Waals surface area contributed by atoms with Gasteiger partial charge in [-0.3, -0.25) is 0 Å². The van der Waals surface area contributed by atoms with Gasteiger partial charge in [-0.05, 0) is 34.5 Å². The van der Waals surface area contributed by atoms with E-state index in [-0.39, 0.29) is 23.0 Å². The second-order valence-electron chi connectivity index (χ2n) is 5.71. The number of phenols is 2. The Labute approximate surface area is 139 Å². The highest BCUT2D eigenvalue weighted by molar-refractivity contribution is 6.00. The summed E-state index contributed by atoms with van der Waals surface area (Å²) >= 11 is 0. The van der Waals surface area contributed by atoms with Crippen molar-refractivity contribution in [2.75, 3.05) is 7.11 Å². The van der Waals surface area contributed by atoms with Gasteiger partial charge < -0.3 is 14.9 Å². The van der Waals surface area contributed by atoms with Crippen molar-refractivity contribution in [2.24, 2.45) is 0 Å². The largest absolute Gasteiger partial charge is 0.508 e. The van der Waals surface area contributed by atoms with E-state index in [4.69, 9.17) is 4.74 Å². The van der Waals surface area contributed by atoms with Crippen LogP contribution in [0.15, 0.2) is 54.6 Å². The first-order chi connectivity index (χ1) is 11.5. The van der Waals surface area contributed by atoms with Crippen LogP contribution in [0, 0.1) is 0 Å². The molecule has 24 heavy (non-hydrogen) atoms. The van der Waals surface area contributed by atoms with Gasteiger partial charge in [0.1, 0.15) is 17.1 Å². The Morgan fingerprint density at radius 1 is 1.04 bits per heavy atom. The van der Waals surface area contributed by atoms with E-state index in [1.807, 2.05) is 31.2 Å². The number of carbonyl (C=O) groups is 1. The SMILES string of the molecule is COC(=O)c1cc2ccccc2c(C(C)c2ccc(O)cc2)c1O. The van der Waals surface area contributed by atoms with E-state index in [0.29, 0.717) is 5.56 Å². The number of fused-ring (bicyclic) bond motifs is 1. The van der Waals surface area contributed by atoms with Crippen LogP contribution in [0.5, 0.6) is 11.5 Å². The van der Waals surface area contributed by atoms with E-state index in [2.05, 4.69) is 0 Å². The zero-order valence-electron chi connectivity index (χ0n) is 13.5. The topological polar surface area (TPSA) is 66.8 Å². The predicted molar refractivity (Wildman–Crippen MR) is 92.6 cm³/mol. The molecule has 0 spiro atoms. The number of rotatable bonds is 3. The van der Waals surface area contributed by atoms with Gasteiger partial charge in [0.15, 0.2) is 0 Å². The minimum atomic E-state index is -0.572. The highest BCUT2D eigenvalue weighted by Crippen LogP contribution is 2.39. The molecule has 0 heterocycles. The van der Waals surface area contributed by atoms with Gasteiger partial charge in [0.2, 0.25) is 0 Å². The summed E-state index contributed by atoms with van der Waals surface area (Å²) in [5.41, 5.74) is 1.74. The van der Waals surface area contributed by atoms with Crippen LogP contribution < -0.4 is 0 Å². The molecule has 0 aromatic heterocycles. The Bertz CT molecular complexity index is 897. The van der Waals surface area contributed by atoms with Crippen molar-refractivity contribution in [3.63, 3.8) is 0 Å². The molecule has 2 N–H and O–H groups in total. The first-order valence-corrected chi connectivity index (χ1v) is 7.64. The molecule has 3 aromatic carbocycles. The number of carbonyl (C=O) groups excluding carboxylic acids is 1. The Kier molecular flexibility index (Phi) is 4.13. The molecule has 0 saturated carbocycles. The number of esters is 1. The fraction of sp³-hybridized carbons (Fsp3) is 0.150. The molecule has 122 valence electrons. The molecule has 0 aliphatic carbocycles. The maximum Gasteiger partial charge on any atom is 0.341 e. The van der Waals surface area contributed by atoms with E-state index in [1.54, 1.807) is 30.3 Å². The number of ether oxygens (including phenoxy) is 1. The van der Waals surface area contributed by atoms with Gasteiger partial charge in [0, 0.05) is 11.5 Å². The van der Waals surface area contributed by atoms with Crippen LogP contribution in [0.25, 0.3) is 10.8 Å².